The first-order chi connectivity index (χ1) is 8.52. The lowest BCUT2D eigenvalue weighted by Crippen LogP contribution is -2.42. The fourth-order valence-corrected chi connectivity index (χ4v) is 2.86. The van der Waals surface area contributed by atoms with E-state index in [4.69, 9.17) is 0 Å². The maximum Gasteiger partial charge on any atom is 0.0276 e. The molecule has 0 aliphatic carbocycles. The zero-order chi connectivity index (χ0) is 13.2. The van der Waals surface area contributed by atoms with Gasteiger partial charge in [-0.15, -0.1) is 0 Å². The zero-order valence-electron chi connectivity index (χ0n) is 12.1. The van der Waals surface area contributed by atoms with Crippen molar-refractivity contribution in [2.45, 2.75) is 45.2 Å². The van der Waals surface area contributed by atoms with E-state index in [1.807, 2.05) is 0 Å². The van der Waals surface area contributed by atoms with Gasteiger partial charge in [0.2, 0.25) is 0 Å². The van der Waals surface area contributed by atoms with Crippen molar-refractivity contribution in [3.05, 3.63) is 35.9 Å². The number of nitrogens with one attached hydrogen (secondary N) is 1. The summed E-state index contributed by atoms with van der Waals surface area (Å²) in [7, 11) is 0. The predicted molar refractivity (Wildman–Crippen MR) is 78.0 cm³/mol. The van der Waals surface area contributed by atoms with E-state index in [-0.39, 0.29) is 5.54 Å². The van der Waals surface area contributed by atoms with Crippen LogP contribution in [0.1, 0.15) is 39.2 Å². The highest BCUT2D eigenvalue weighted by atomic mass is 15.2. The molecule has 1 aliphatic rings. The van der Waals surface area contributed by atoms with Crippen molar-refractivity contribution in [2.75, 3.05) is 19.6 Å². The number of benzene rings is 1. The molecule has 2 heteroatoms. The lowest BCUT2D eigenvalue weighted by atomic mass is 9.94. The standard InChI is InChI=1S/C16H26N2/c1-5-17-15-12-18(16(2,3)4)11-14(15)13-9-7-6-8-10-13/h6-10,14-15,17H,5,11-12H2,1-4H3. The molecule has 0 saturated carbocycles. The van der Waals surface area contributed by atoms with Gasteiger partial charge in [0.1, 0.15) is 0 Å². The van der Waals surface area contributed by atoms with Crippen LogP contribution in [0, 0.1) is 0 Å². The van der Waals surface area contributed by atoms with Crippen LogP contribution in [0.2, 0.25) is 0 Å². The molecule has 0 aromatic heterocycles. The molecule has 2 rings (SSSR count). The third-order valence-electron chi connectivity index (χ3n) is 3.96. The average molecular weight is 246 g/mol. The summed E-state index contributed by atoms with van der Waals surface area (Å²) in [5, 5.41) is 3.65. The number of hydrogen-bond donors (Lipinski definition) is 1. The summed E-state index contributed by atoms with van der Waals surface area (Å²) in [6.07, 6.45) is 0. The molecule has 18 heavy (non-hydrogen) atoms. The largest absolute Gasteiger partial charge is 0.312 e. The van der Waals surface area contributed by atoms with Crippen molar-refractivity contribution < 1.29 is 0 Å². The molecule has 2 unspecified atom stereocenters. The molecular weight excluding hydrogens is 220 g/mol. The minimum absolute atomic E-state index is 0.261. The van der Waals surface area contributed by atoms with Gasteiger partial charge in [-0.3, -0.25) is 4.90 Å². The van der Waals surface area contributed by atoms with Gasteiger partial charge in [0, 0.05) is 30.6 Å². The molecule has 0 bridgehead atoms. The molecule has 0 spiro atoms. The molecule has 100 valence electrons. The normalized spacial score (nSPS) is 25.6. The Labute approximate surface area is 111 Å². The van der Waals surface area contributed by atoms with Gasteiger partial charge in [0.05, 0.1) is 0 Å². The first-order valence-corrected chi connectivity index (χ1v) is 7.05. The Hall–Kier alpha value is -0.860. The average Bonchev–Trinajstić information content (AvgIpc) is 2.75. The van der Waals surface area contributed by atoms with E-state index in [0.717, 1.165) is 19.6 Å². The van der Waals surface area contributed by atoms with E-state index < -0.39 is 0 Å². The lowest BCUT2D eigenvalue weighted by molar-refractivity contribution is 0.169. The number of likely N-dealkylation sites (tertiary alicyclic amines) is 1. The van der Waals surface area contributed by atoms with Gasteiger partial charge >= 0.3 is 0 Å². The SMILES string of the molecule is CCNC1CN(C(C)(C)C)CC1c1ccccc1. The molecule has 1 heterocycles. The summed E-state index contributed by atoms with van der Waals surface area (Å²) in [4.78, 5) is 2.60. The Bertz CT molecular complexity index is 366. The second kappa shape index (κ2) is 5.41. The van der Waals surface area contributed by atoms with E-state index in [1.165, 1.54) is 5.56 Å². The first kappa shape index (κ1) is 13.6. The molecule has 0 radical (unpaired) electrons. The fourth-order valence-electron chi connectivity index (χ4n) is 2.86. The van der Waals surface area contributed by atoms with E-state index in [9.17, 15) is 0 Å². The van der Waals surface area contributed by atoms with Crippen LogP contribution in [-0.2, 0) is 0 Å². The van der Waals surface area contributed by atoms with E-state index in [1.54, 1.807) is 0 Å². The predicted octanol–water partition coefficient (Wildman–Crippen LogP) is 2.86. The molecule has 1 aromatic rings. The van der Waals surface area contributed by atoms with Crippen LogP contribution < -0.4 is 5.32 Å². The van der Waals surface area contributed by atoms with Crippen LogP contribution in [0.3, 0.4) is 0 Å². The second-order valence-electron chi connectivity index (χ2n) is 6.26. The van der Waals surface area contributed by atoms with E-state index in [0.29, 0.717) is 12.0 Å². The highest BCUT2D eigenvalue weighted by molar-refractivity contribution is 5.24. The fraction of sp³-hybridized carbons (Fsp3) is 0.625. The van der Waals surface area contributed by atoms with Crippen molar-refractivity contribution in [3.63, 3.8) is 0 Å². The smallest absolute Gasteiger partial charge is 0.0276 e. The molecule has 1 fully saturated rings. The van der Waals surface area contributed by atoms with Crippen molar-refractivity contribution in [1.82, 2.24) is 10.2 Å². The summed E-state index contributed by atoms with van der Waals surface area (Å²) in [5.74, 6) is 0.616. The quantitative estimate of drug-likeness (QED) is 0.882. The third-order valence-corrected chi connectivity index (χ3v) is 3.96. The lowest BCUT2D eigenvalue weighted by Gasteiger charge is -2.31. The second-order valence-corrected chi connectivity index (χ2v) is 6.26. The monoisotopic (exact) mass is 246 g/mol. The topological polar surface area (TPSA) is 15.3 Å². The molecule has 1 aromatic carbocycles. The maximum atomic E-state index is 3.65. The summed E-state index contributed by atoms with van der Waals surface area (Å²) in [5.41, 5.74) is 1.73. The molecule has 0 amide bonds. The first-order valence-electron chi connectivity index (χ1n) is 7.05. The Kier molecular flexibility index (Phi) is 4.08. The Morgan fingerprint density at radius 1 is 1.17 bits per heavy atom. The van der Waals surface area contributed by atoms with E-state index >= 15 is 0 Å². The molecule has 2 atom stereocenters. The molecule has 1 saturated heterocycles. The molecule has 2 nitrogen and oxygen atoms in total. The Morgan fingerprint density at radius 3 is 2.39 bits per heavy atom. The molecule has 1 aliphatic heterocycles. The minimum atomic E-state index is 0.261. The van der Waals surface area contributed by atoms with Crippen molar-refractivity contribution >= 4 is 0 Å². The number of hydrogen-bond acceptors (Lipinski definition) is 2. The highest BCUT2D eigenvalue weighted by Gasteiger charge is 2.37. The third kappa shape index (κ3) is 2.93. The van der Waals surface area contributed by atoms with Gasteiger partial charge in [-0.25, -0.2) is 0 Å². The Balaban J connectivity index is 2.17. The van der Waals surface area contributed by atoms with Crippen LogP contribution in [0.4, 0.5) is 0 Å². The van der Waals surface area contributed by atoms with Crippen molar-refractivity contribution in [2.24, 2.45) is 0 Å². The zero-order valence-corrected chi connectivity index (χ0v) is 12.1. The van der Waals surface area contributed by atoms with Gasteiger partial charge in [-0.05, 0) is 32.9 Å². The maximum absolute atomic E-state index is 3.65. The van der Waals surface area contributed by atoms with Gasteiger partial charge in [0.15, 0.2) is 0 Å². The highest BCUT2D eigenvalue weighted by Crippen LogP contribution is 2.31. The van der Waals surface area contributed by atoms with Gasteiger partial charge in [0.25, 0.3) is 0 Å². The summed E-state index contributed by atoms with van der Waals surface area (Å²) < 4.78 is 0. The van der Waals surface area contributed by atoms with Crippen molar-refractivity contribution in [1.29, 1.82) is 0 Å². The van der Waals surface area contributed by atoms with E-state index in [2.05, 4.69) is 68.2 Å². The van der Waals surface area contributed by atoms with Crippen molar-refractivity contribution in [3.8, 4) is 0 Å². The summed E-state index contributed by atoms with van der Waals surface area (Å²) in [6.45, 7) is 12.5. The van der Waals surface area contributed by atoms with Crippen LogP contribution in [0.5, 0.6) is 0 Å². The summed E-state index contributed by atoms with van der Waals surface area (Å²) in [6, 6.07) is 11.5. The number of nitrogens with zero attached hydrogens (tertiary/aromatic N) is 1. The number of rotatable bonds is 3. The van der Waals surface area contributed by atoms with Crippen LogP contribution in [0.25, 0.3) is 0 Å². The number of likely N-dealkylation sites (N-methyl/N-ethyl adjacent to an activating group) is 1. The Morgan fingerprint density at radius 2 is 1.83 bits per heavy atom. The van der Waals surface area contributed by atoms with Gasteiger partial charge < -0.3 is 5.32 Å². The minimum Gasteiger partial charge on any atom is -0.312 e. The summed E-state index contributed by atoms with van der Waals surface area (Å²) >= 11 is 0. The van der Waals surface area contributed by atoms with Crippen LogP contribution >= 0.6 is 0 Å². The molecular formula is C16H26N2. The van der Waals surface area contributed by atoms with Gasteiger partial charge in [-0.2, -0.15) is 0 Å². The van der Waals surface area contributed by atoms with Gasteiger partial charge in [-0.1, -0.05) is 37.3 Å². The molecule has 1 N–H and O–H groups in total. The van der Waals surface area contributed by atoms with Crippen LogP contribution in [-0.4, -0.2) is 36.1 Å². The van der Waals surface area contributed by atoms with Crippen LogP contribution in [0.15, 0.2) is 30.3 Å².